The minimum atomic E-state index is 0.909. The number of nitrogens with zero attached hydrogens (tertiary/aromatic N) is 2. The van der Waals surface area contributed by atoms with Gasteiger partial charge < -0.3 is 5.01 Å². The Labute approximate surface area is 85.3 Å². The zero-order valence-electron chi connectivity index (χ0n) is 8.50. The molecule has 13 heavy (non-hydrogen) atoms. The molecule has 1 aliphatic rings. The van der Waals surface area contributed by atoms with Crippen LogP contribution in [0.3, 0.4) is 0 Å². The van der Waals surface area contributed by atoms with Crippen LogP contribution in [-0.4, -0.2) is 29.1 Å². The summed E-state index contributed by atoms with van der Waals surface area (Å²) in [6, 6.07) is 0. The Kier molecular flexibility index (Phi) is 3.69. The van der Waals surface area contributed by atoms with Gasteiger partial charge in [-0.1, -0.05) is 25.6 Å². The van der Waals surface area contributed by atoms with Crippen molar-refractivity contribution in [3.63, 3.8) is 0 Å². The predicted molar refractivity (Wildman–Crippen MR) is 58.9 cm³/mol. The highest BCUT2D eigenvalue weighted by molar-refractivity contribution is 7.80. The van der Waals surface area contributed by atoms with Crippen LogP contribution in [-0.2, 0) is 0 Å². The maximum Gasteiger partial charge on any atom is 0.121 e. The molecule has 0 amide bonds. The summed E-state index contributed by atoms with van der Waals surface area (Å²) in [5.74, 6) is 0. The number of unbranched alkanes of at least 4 members (excludes halogenated alkanes) is 1. The van der Waals surface area contributed by atoms with Crippen molar-refractivity contribution >= 4 is 17.2 Å². The van der Waals surface area contributed by atoms with Gasteiger partial charge in [0.25, 0.3) is 0 Å². The van der Waals surface area contributed by atoms with E-state index in [-0.39, 0.29) is 0 Å². The van der Waals surface area contributed by atoms with Crippen LogP contribution in [0, 0.1) is 0 Å². The number of nitrogens with one attached hydrogen (secondary N) is 1. The number of likely N-dealkylation sites (N-methyl/N-ethyl adjacent to an activating group) is 1. The molecule has 0 atom stereocenters. The van der Waals surface area contributed by atoms with E-state index in [0.717, 1.165) is 11.4 Å². The van der Waals surface area contributed by atoms with Gasteiger partial charge >= 0.3 is 0 Å². The first-order valence-corrected chi connectivity index (χ1v) is 5.04. The Morgan fingerprint density at radius 1 is 1.46 bits per heavy atom. The molecule has 0 saturated carbocycles. The zero-order chi connectivity index (χ0) is 9.84. The fraction of sp³-hybridized carbons (Fsp3) is 0.667. The van der Waals surface area contributed by atoms with Crippen molar-refractivity contribution in [1.82, 2.24) is 15.6 Å². The molecule has 1 N–H and O–H groups in total. The molecule has 0 aromatic rings. The van der Waals surface area contributed by atoms with Crippen molar-refractivity contribution < 1.29 is 0 Å². The Hall–Kier alpha value is -0.610. The lowest BCUT2D eigenvalue weighted by atomic mass is 10.1. The van der Waals surface area contributed by atoms with E-state index in [1.54, 1.807) is 0 Å². The Morgan fingerprint density at radius 3 is 2.77 bits per heavy atom. The van der Waals surface area contributed by atoms with Gasteiger partial charge in [0.05, 0.1) is 0 Å². The molecule has 0 aliphatic carbocycles. The first-order chi connectivity index (χ1) is 6.15. The second-order valence-electron chi connectivity index (χ2n) is 3.33. The molecule has 0 aromatic heterocycles. The lowest BCUT2D eigenvalue weighted by molar-refractivity contribution is 0.166. The van der Waals surface area contributed by atoms with Gasteiger partial charge in [-0.25, -0.2) is 0 Å². The van der Waals surface area contributed by atoms with Crippen LogP contribution >= 0.6 is 12.2 Å². The van der Waals surface area contributed by atoms with Crippen LogP contribution < -0.4 is 5.53 Å². The van der Waals surface area contributed by atoms with E-state index in [1.165, 1.54) is 18.4 Å². The molecular formula is C9H17N3S. The summed E-state index contributed by atoms with van der Waals surface area (Å²) >= 11 is 5.28. The van der Waals surface area contributed by atoms with Crippen LogP contribution in [0.1, 0.15) is 26.2 Å². The second kappa shape index (κ2) is 4.58. The fourth-order valence-corrected chi connectivity index (χ4v) is 1.55. The Balaban J connectivity index is 2.63. The number of thiocarbonyl (C=S) groups is 1. The maximum atomic E-state index is 5.28. The normalized spacial score (nSPS) is 17.8. The molecule has 4 heteroatoms. The minimum absolute atomic E-state index is 0.909. The Morgan fingerprint density at radius 2 is 2.15 bits per heavy atom. The molecule has 0 radical (unpaired) electrons. The lowest BCUT2D eigenvalue weighted by Gasteiger charge is -2.33. The van der Waals surface area contributed by atoms with E-state index in [2.05, 4.69) is 18.7 Å². The summed E-state index contributed by atoms with van der Waals surface area (Å²) < 4.78 is 0. The molecule has 0 saturated heterocycles. The van der Waals surface area contributed by atoms with E-state index in [9.17, 15) is 0 Å². The summed E-state index contributed by atoms with van der Waals surface area (Å²) in [4.78, 5) is 0.909. The highest BCUT2D eigenvalue weighted by atomic mass is 32.1. The van der Waals surface area contributed by atoms with Gasteiger partial charge in [-0.05, 0) is 12.8 Å². The molecular weight excluding hydrogens is 182 g/mol. The fourth-order valence-electron chi connectivity index (χ4n) is 1.35. The first-order valence-electron chi connectivity index (χ1n) is 4.63. The zero-order valence-corrected chi connectivity index (χ0v) is 9.32. The van der Waals surface area contributed by atoms with E-state index in [1.807, 2.05) is 24.1 Å². The minimum Gasteiger partial charge on any atom is -0.301 e. The van der Waals surface area contributed by atoms with Gasteiger partial charge in [-0.3, -0.25) is 5.01 Å². The van der Waals surface area contributed by atoms with Gasteiger partial charge in [0.2, 0.25) is 0 Å². The quantitative estimate of drug-likeness (QED) is 0.697. The molecule has 1 heterocycles. The van der Waals surface area contributed by atoms with Gasteiger partial charge in [-0.15, -0.1) is 5.53 Å². The molecule has 1 rings (SSSR count). The monoisotopic (exact) mass is 199 g/mol. The van der Waals surface area contributed by atoms with Gasteiger partial charge in [0, 0.05) is 25.9 Å². The SMILES string of the molecule is CCCCC1=CN(C)NN(C)C1=S. The van der Waals surface area contributed by atoms with Crippen molar-refractivity contribution in [2.75, 3.05) is 14.1 Å². The molecule has 0 bridgehead atoms. The van der Waals surface area contributed by atoms with Crippen molar-refractivity contribution in [3.05, 3.63) is 11.8 Å². The summed E-state index contributed by atoms with van der Waals surface area (Å²) in [5, 5.41) is 3.81. The van der Waals surface area contributed by atoms with Crippen LogP contribution in [0.2, 0.25) is 0 Å². The first kappa shape index (κ1) is 10.5. The summed E-state index contributed by atoms with van der Waals surface area (Å²) in [6.45, 7) is 2.19. The smallest absolute Gasteiger partial charge is 0.121 e. The van der Waals surface area contributed by atoms with Crippen molar-refractivity contribution in [2.45, 2.75) is 26.2 Å². The third-order valence-electron chi connectivity index (χ3n) is 2.04. The van der Waals surface area contributed by atoms with Crippen molar-refractivity contribution in [1.29, 1.82) is 0 Å². The molecule has 74 valence electrons. The number of hydrogen-bond donors (Lipinski definition) is 1. The van der Waals surface area contributed by atoms with E-state index in [0.29, 0.717) is 0 Å². The number of hydrazine groups is 2. The van der Waals surface area contributed by atoms with Crippen molar-refractivity contribution in [2.24, 2.45) is 0 Å². The average Bonchev–Trinajstić information content (AvgIpc) is 2.09. The Bertz CT molecular complexity index is 225. The van der Waals surface area contributed by atoms with Crippen LogP contribution in [0.5, 0.6) is 0 Å². The summed E-state index contributed by atoms with van der Waals surface area (Å²) in [5.41, 5.74) is 4.33. The van der Waals surface area contributed by atoms with Gasteiger partial charge in [0.1, 0.15) is 4.99 Å². The third kappa shape index (κ3) is 2.67. The number of hydrogen-bond acceptors (Lipinski definition) is 3. The van der Waals surface area contributed by atoms with Crippen LogP contribution in [0.25, 0.3) is 0 Å². The van der Waals surface area contributed by atoms with E-state index >= 15 is 0 Å². The largest absolute Gasteiger partial charge is 0.301 e. The molecule has 3 nitrogen and oxygen atoms in total. The van der Waals surface area contributed by atoms with E-state index < -0.39 is 0 Å². The van der Waals surface area contributed by atoms with Crippen LogP contribution in [0.4, 0.5) is 0 Å². The second-order valence-corrected chi connectivity index (χ2v) is 3.72. The highest BCUT2D eigenvalue weighted by Gasteiger charge is 2.15. The van der Waals surface area contributed by atoms with Gasteiger partial charge in [-0.2, -0.15) is 0 Å². The standard InChI is InChI=1S/C9H17N3S/c1-4-5-6-8-7-11(2)10-12(3)9(8)13/h7,10H,4-6H2,1-3H3. The topological polar surface area (TPSA) is 18.5 Å². The lowest BCUT2D eigenvalue weighted by Crippen LogP contribution is -2.50. The molecule has 1 aliphatic heterocycles. The maximum absolute atomic E-state index is 5.28. The highest BCUT2D eigenvalue weighted by Crippen LogP contribution is 2.14. The molecule has 0 spiro atoms. The van der Waals surface area contributed by atoms with Crippen molar-refractivity contribution in [3.8, 4) is 0 Å². The molecule has 0 unspecified atom stereocenters. The summed E-state index contributed by atoms with van der Waals surface area (Å²) in [7, 11) is 3.92. The van der Waals surface area contributed by atoms with Crippen LogP contribution in [0.15, 0.2) is 11.8 Å². The predicted octanol–water partition coefficient (Wildman–Crippen LogP) is 1.68. The molecule has 0 fully saturated rings. The van der Waals surface area contributed by atoms with E-state index in [4.69, 9.17) is 12.2 Å². The third-order valence-corrected chi connectivity index (χ3v) is 2.57. The average molecular weight is 199 g/mol. The van der Waals surface area contributed by atoms with Gasteiger partial charge in [0.15, 0.2) is 0 Å². The molecule has 0 aromatic carbocycles. The summed E-state index contributed by atoms with van der Waals surface area (Å²) in [6.07, 6.45) is 5.55. The number of rotatable bonds is 3.